The van der Waals surface area contributed by atoms with Crippen LogP contribution >= 0.6 is 22.9 Å². The highest BCUT2D eigenvalue weighted by atomic mass is 35.5. The molecular weight excluding hydrogens is 296 g/mol. The number of hydrogen-bond donors (Lipinski definition) is 1. The third kappa shape index (κ3) is 4.03. The molecule has 2 aromatic rings. The van der Waals surface area contributed by atoms with Crippen molar-refractivity contribution < 1.29 is 9.53 Å². The van der Waals surface area contributed by atoms with Crippen molar-refractivity contribution in [3.05, 3.63) is 45.4 Å². The number of nitrogens with one attached hydrogen (secondary N) is 1. The average Bonchev–Trinajstić information content (AvgIpc) is 2.81. The van der Waals surface area contributed by atoms with Crippen molar-refractivity contribution in [2.45, 2.75) is 13.3 Å². The van der Waals surface area contributed by atoms with E-state index >= 15 is 0 Å². The number of aromatic nitrogens is 1. The minimum atomic E-state index is -0.202. The van der Waals surface area contributed by atoms with Crippen molar-refractivity contribution in [3.8, 4) is 0 Å². The number of hydrogen-bond acceptors (Lipinski definition) is 4. The van der Waals surface area contributed by atoms with Crippen LogP contribution in [0.3, 0.4) is 0 Å². The standard InChI is InChI=1S/C14H15ClN2O2S/c1-9-3-4-10(6-12(9)15)5-11-7-16-14(20-11)17-13(18)8-19-2/h3-4,6-7H,5,8H2,1-2H3,(H,16,17,18). The molecule has 0 aliphatic rings. The van der Waals surface area contributed by atoms with Crippen LogP contribution in [0.1, 0.15) is 16.0 Å². The fourth-order valence-electron chi connectivity index (χ4n) is 1.68. The lowest BCUT2D eigenvalue weighted by Crippen LogP contribution is -2.16. The number of anilines is 1. The summed E-state index contributed by atoms with van der Waals surface area (Å²) < 4.78 is 4.75. The molecule has 0 spiro atoms. The minimum Gasteiger partial charge on any atom is -0.375 e. The number of thiazole rings is 1. The molecule has 4 nitrogen and oxygen atoms in total. The van der Waals surface area contributed by atoms with Gasteiger partial charge in [-0.05, 0) is 24.1 Å². The van der Waals surface area contributed by atoms with Gasteiger partial charge in [0.25, 0.3) is 5.91 Å². The van der Waals surface area contributed by atoms with Gasteiger partial charge in [0.1, 0.15) is 6.61 Å². The SMILES string of the molecule is COCC(=O)Nc1ncc(Cc2ccc(C)c(Cl)c2)s1. The monoisotopic (exact) mass is 310 g/mol. The van der Waals surface area contributed by atoms with Crippen molar-refractivity contribution in [3.63, 3.8) is 0 Å². The Bertz CT molecular complexity index is 613. The molecule has 20 heavy (non-hydrogen) atoms. The summed E-state index contributed by atoms with van der Waals surface area (Å²) in [5.41, 5.74) is 2.19. The van der Waals surface area contributed by atoms with Crippen LogP contribution in [0.4, 0.5) is 5.13 Å². The molecule has 0 atom stereocenters. The zero-order valence-electron chi connectivity index (χ0n) is 11.3. The van der Waals surface area contributed by atoms with E-state index in [1.54, 1.807) is 6.20 Å². The highest BCUT2D eigenvalue weighted by Crippen LogP contribution is 2.23. The summed E-state index contributed by atoms with van der Waals surface area (Å²) in [6.07, 6.45) is 2.51. The summed E-state index contributed by atoms with van der Waals surface area (Å²) in [6, 6.07) is 6.00. The quantitative estimate of drug-likeness (QED) is 0.922. The maximum absolute atomic E-state index is 11.4. The van der Waals surface area contributed by atoms with Gasteiger partial charge in [0.15, 0.2) is 5.13 Å². The largest absolute Gasteiger partial charge is 0.375 e. The highest BCUT2D eigenvalue weighted by Gasteiger charge is 2.07. The van der Waals surface area contributed by atoms with E-state index in [9.17, 15) is 4.79 Å². The molecule has 0 aliphatic heterocycles. The number of nitrogens with zero attached hydrogens (tertiary/aromatic N) is 1. The molecule has 0 bridgehead atoms. The predicted octanol–water partition coefficient (Wildman–Crippen LogP) is 3.28. The number of carbonyl (C=O) groups excluding carboxylic acids is 1. The second kappa shape index (κ2) is 6.83. The average molecular weight is 311 g/mol. The van der Waals surface area contributed by atoms with Crippen LogP contribution in [-0.2, 0) is 16.0 Å². The molecule has 2 rings (SSSR count). The maximum Gasteiger partial charge on any atom is 0.252 e. The first-order valence-corrected chi connectivity index (χ1v) is 7.26. The van der Waals surface area contributed by atoms with E-state index in [-0.39, 0.29) is 12.5 Å². The lowest BCUT2D eigenvalue weighted by Gasteiger charge is -2.02. The fraction of sp³-hybridized carbons (Fsp3) is 0.286. The van der Waals surface area contributed by atoms with Gasteiger partial charge in [-0.25, -0.2) is 4.98 Å². The van der Waals surface area contributed by atoms with Crippen LogP contribution in [0.25, 0.3) is 0 Å². The first-order chi connectivity index (χ1) is 9.58. The Morgan fingerprint density at radius 1 is 1.50 bits per heavy atom. The van der Waals surface area contributed by atoms with Gasteiger partial charge in [0.05, 0.1) is 0 Å². The zero-order valence-corrected chi connectivity index (χ0v) is 12.8. The van der Waals surface area contributed by atoms with Crippen molar-refractivity contribution in [1.82, 2.24) is 4.98 Å². The summed E-state index contributed by atoms with van der Waals surface area (Å²) in [4.78, 5) is 16.6. The van der Waals surface area contributed by atoms with Crippen LogP contribution in [0, 0.1) is 6.92 Å². The Balaban J connectivity index is 2.02. The number of aryl methyl sites for hydroxylation is 1. The molecule has 0 radical (unpaired) electrons. The molecular formula is C14H15ClN2O2S. The summed E-state index contributed by atoms with van der Waals surface area (Å²) in [6.45, 7) is 2.00. The molecule has 106 valence electrons. The van der Waals surface area contributed by atoms with E-state index in [4.69, 9.17) is 16.3 Å². The molecule has 6 heteroatoms. The van der Waals surface area contributed by atoms with Crippen molar-refractivity contribution >= 4 is 34.0 Å². The van der Waals surface area contributed by atoms with Gasteiger partial charge in [-0.1, -0.05) is 23.7 Å². The predicted molar refractivity (Wildman–Crippen MR) is 81.6 cm³/mol. The molecule has 1 N–H and O–H groups in total. The van der Waals surface area contributed by atoms with Gasteiger partial charge in [0, 0.05) is 29.6 Å². The molecule has 0 aliphatic carbocycles. The summed E-state index contributed by atoms with van der Waals surface area (Å²) >= 11 is 7.56. The van der Waals surface area contributed by atoms with Crippen molar-refractivity contribution in [1.29, 1.82) is 0 Å². The van der Waals surface area contributed by atoms with E-state index < -0.39 is 0 Å². The third-order valence-corrected chi connectivity index (χ3v) is 4.01. The van der Waals surface area contributed by atoms with Crippen LogP contribution in [-0.4, -0.2) is 24.6 Å². The van der Waals surface area contributed by atoms with E-state index in [0.717, 1.165) is 27.4 Å². The second-order valence-corrected chi connectivity index (χ2v) is 5.90. The van der Waals surface area contributed by atoms with E-state index in [1.807, 2.05) is 25.1 Å². The van der Waals surface area contributed by atoms with Crippen LogP contribution in [0.15, 0.2) is 24.4 Å². The minimum absolute atomic E-state index is 0.0302. The number of carbonyl (C=O) groups is 1. The second-order valence-electron chi connectivity index (χ2n) is 4.37. The summed E-state index contributed by atoms with van der Waals surface area (Å²) in [5.74, 6) is -0.202. The zero-order chi connectivity index (χ0) is 14.5. The Morgan fingerprint density at radius 2 is 2.30 bits per heavy atom. The third-order valence-electron chi connectivity index (χ3n) is 2.69. The number of amides is 1. The van der Waals surface area contributed by atoms with Crippen molar-refractivity contribution in [2.75, 3.05) is 19.0 Å². The van der Waals surface area contributed by atoms with E-state index in [2.05, 4.69) is 10.3 Å². The smallest absolute Gasteiger partial charge is 0.252 e. The Morgan fingerprint density at radius 3 is 3.00 bits per heavy atom. The molecule has 1 aromatic heterocycles. The molecule has 0 saturated heterocycles. The molecule has 1 amide bonds. The number of benzene rings is 1. The topological polar surface area (TPSA) is 51.2 Å². The molecule has 0 fully saturated rings. The Kier molecular flexibility index (Phi) is 5.11. The number of rotatable bonds is 5. The summed E-state index contributed by atoms with van der Waals surface area (Å²) in [5, 5.41) is 4.03. The van der Waals surface area contributed by atoms with Gasteiger partial charge in [0.2, 0.25) is 0 Å². The first-order valence-electron chi connectivity index (χ1n) is 6.07. The first kappa shape index (κ1) is 15.0. The maximum atomic E-state index is 11.4. The van der Waals surface area contributed by atoms with Crippen LogP contribution < -0.4 is 5.32 Å². The van der Waals surface area contributed by atoms with E-state index in [1.165, 1.54) is 18.4 Å². The molecule has 0 unspecified atom stereocenters. The van der Waals surface area contributed by atoms with E-state index in [0.29, 0.717) is 5.13 Å². The normalized spacial score (nSPS) is 10.6. The number of ether oxygens (including phenoxy) is 1. The fourth-order valence-corrected chi connectivity index (χ4v) is 2.75. The number of methoxy groups -OCH3 is 1. The molecule has 0 saturated carbocycles. The van der Waals surface area contributed by atoms with Gasteiger partial charge < -0.3 is 4.74 Å². The number of halogens is 1. The Labute approximate surface area is 126 Å². The summed E-state index contributed by atoms with van der Waals surface area (Å²) in [7, 11) is 1.48. The lowest BCUT2D eigenvalue weighted by molar-refractivity contribution is -0.119. The van der Waals surface area contributed by atoms with Gasteiger partial charge in [-0.3, -0.25) is 10.1 Å². The van der Waals surface area contributed by atoms with Crippen LogP contribution in [0.2, 0.25) is 5.02 Å². The van der Waals surface area contributed by atoms with Crippen molar-refractivity contribution in [2.24, 2.45) is 0 Å². The van der Waals surface area contributed by atoms with Gasteiger partial charge in [-0.15, -0.1) is 11.3 Å². The lowest BCUT2D eigenvalue weighted by atomic mass is 10.1. The van der Waals surface area contributed by atoms with Gasteiger partial charge in [-0.2, -0.15) is 0 Å². The molecule has 1 aromatic carbocycles. The highest BCUT2D eigenvalue weighted by molar-refractivity contribution is 7.15. The van der Waals surface area contributed by atoms with Gasteiger partial charge >= 0.3 is 0 Å². The van der Waals surface area contributed by atoms with Crippen LogP contribution in [0.5, 0.6) is 0 Å². The Hall–Kier alpha value is -1.43. The molecule has 1 heterocycles.